The van der Waals surface area contributed by atoms with Gasteiger partial charge < -0.3 is 15.7 Å². The number of hydrogen-bond acceptors (Lipinski definition) is 7. The van der Waals surface area contributed by atoms with E-state index in [1.807, 2.05) is 20.8 Å². The maximum Gasteiger partial charge on any atom is 0.332 e. The van der Waals surface area contributed by atoms with Crippen LogP contribution in [0.4, 0.5) is 17.5 Å². The average Bonchev–Trinajstić information content (AvgIpc) is 2.35. The quantitative estimate of drug-likeness (QED) is 0.496. The number of hydrogen-bond donors (Lipinski definition) is 3. The van der Waals surface area contributed by atoms with Crippen LogP contribution < -0.4 is 10.6 Å². The molecule has 21 heavy (non-hydrogen) atoms. The highest BCUT2D eigenvalue weighted by atomic mass is 16.6. The van der Waals surface area contributed by atoms with E-state index in [-0.39, 0.29) is 23.5 Å². The Morgan fingerprint density at radius 1 is 1.33 bits per heavy atom. The lowest BCUT2D eigenvalue weighted by Gasteiger charge is -2.24. The van der Waals surface area contributed by atoms with Crippen LogP contribution in [-0.4, -0.2) is 39.7 Å². The van der Waals surface area contributed by atoms with Crippen LogP contribution in [0.25, 0.3) is 0 Å². The SMILES string of the molecule is CCNc1nc(C)c([N+](=O)[O-])c(NCC(C)(C)CCO)n1. The summed E-state index contributed by atoms with van der Waals surface area (Å²) in [5, 5.41) is 26.2. The van der Waals surface area contributed by atoms with E-state index in [0.29, 0.717) is 31.2 Å². The molecule has 1 rings (SSSR count). The average molecular weight is 297 g/mol. The van der Waals surface area contributed by atoms with E-state index in [1.54, 1.807) is 6.92 Å². The molecule has 0 fully saturated rings. The van der Waals surface area contributed by atoms with Crippen molar-refractivity contribution in [2.45, 2.75) is 34.1 Å². The highest BCUT2D eigenvalue weighted by molar-refractivity contribution is 5.60. The second kappa shape index (κ2) is 7.16. The first-order chi connectivity index (χ1) is 9.80. The Kier molecular flexibility index (Phi) is 5.83. The maximum atomic E-state index is 11.2. The van der Waals surface area contributed by atoms with Crippen molar-refractivity contribution in [1.82, 2.24) is 9.97 Å². The predicted molar refractivity (Wildman–Crippen MR) is 81.6 cm³/mol. The third-order valence-corrected chi connectivity index (χ3v) is 3.10. The Balaban J connectivity index is 3.04. The fourth-order valence-corrected chi connectivity index (χ4v) is 1.86. The Morgan fingerprint density at radius 3 is 2.52 bits per heavy atom. The molecule has 118 valence electrons. The second-order valence-corrected chi connectivity index (χ2v) is 5.61. The largest absolute Gasteiger partial charge is 0.396 e. The Hall–Kier alpha value is -1.96. The molecule has 0 spiro atoms. The summed E-state index contributed by atoms with van der Waals surface area (Å²) in [5.74, 6) is 0.567. The zero-order valence-corrected chi connectivity index (χ0v) is 12.9. The van der Waals surface area contributed by atoms with Crippen LogP contribution >= 0.6 is 0 Å². The summed E-state index contributed by atoms with van der Waals surface area (Å²) in [5.41, 5.74) is 0.00433. The highest BCUT2D eigenvalue weighted by Crippen LogP contribution is 2.28. The molecule has 8 heteroatoms. The van der Waals surface area contributed by atoms with Crippen molar-refractivity contribution in [1.29, 1.82) is 0 Å². The topological polar surface area (TPSA) is 113 Å². The number of aliphatic hydroxyl groups is 1. The number of nitrogens with zero attached hydrogens (tertiary/aromatic N) is 3. The van der Waals surface area contributed by atoms with Gasteiger partial charge in [-0.3, -0.25) is 10.1 Å². The van der Waals surface area contributed by atoms with Gasteiger partial charge >= 0.3 is 5.69 Å². The number of anilines is 2. The third kappa shape index (κ3) is 4.82. The van der Waals surface area contributed by atoms with Crippen molar-refractivity contribution >= 4 is 17.5 Å². The Labute approximate surface area is 124 Å². The molecule has 1 heterocycles. The van der Waals surface area contributed by atoms with Crippen molar-refractivity contribution < 1.29 is 10.0 Å². The fourth-order valence-electron chi connectivity index (χ4n) is 1.86. The number of nitro groups is 1. The van der Waals surface area contributed by atoms with E-state index in [2.05, 4.69) is 20.6 Å². The fraction of sp³-hybridized carbons (Fsp3) is 0.692. The van der Waals surface area contributed by atoms with Gasteiger partial charge in [-0.2, -0.15) is 4.98 Å². The molecule has 0 saturated heterocycles. The summed E-state index contributed by atoms with van der Waals surface area (Å²) >= 11 is 0. The molecule has 0 aliphatic heterocycles. The molecule has 0 atom stereocenters. The van der Waals surface area contributed by atoms with Crippen LogP contribution in [0.1, 0.15) is 32.9 Å². The van der Waals surface area contributed by atoms with Gasteiger partial charge in [-0.25, -0.2) is 4.98 Å². The Bertz CT molecular complexity index is 505. The summed E-state index contributed by atoms with van der Waals surface area (Å²) in [7, 11) is 0. The number of aromatic nitrogens is 2. The molecule has 1 aromatic rings. The van der Waals surface area contributed by atoms with Gasteiger partial charge in [0.05, 0.1) is 4.92 Å². The van der Waals surface area contributed by atoms with Crippen LogP contribution in [0.2, 0.25) is 0 Å². The van der Waals surface area contributed by atoms with Crippen LogP contribution in [0.3, 0.4) is 0 Å². The molecule has 3 N–H and O–H groups in total. The number of nitrogens with one attached hydrogen (secondary N) is 2. The first kappa shape index (κ1) is 17.1. The van der Waals surface area contributed by atoms with Gasteiger partial charge in [0.1, 0.15) is 5.69 Å². The van der Waals surface area contributed by atoms with Crippen molar-refractivity contribution in [2.75, 3.05) is 30.3 Å². The van der Waals surface area contributed by atoms with Crippen molar-refractivity contribution in [2.24, 2.45) is 5.41 Å². The molecular weight excluding hydrogens is 274 g/mol. The third-order valence-electron chi connectivity index (χ3n) is 3.10. The van der Waals surface area contributed by atoms with Crippen molar-refractivity contribution in [3.8, 4) is 0 Å². The normalized spacial score (nSPS) is 11.3. The minimum atomic E-state index is -0.480. The van der Waals surface area contributed by atoms with Crippen LogP contribution in [0.15, 0.2) is 0 Å². The summed E-state index contributed by atoms with van der Waals surface area (Å²) in [6.45, 7) is 8.61. The van der Waals surface area contributed by atoms with Gasteiger partial charge in [0.2, 0.25) is 11.8 Å². The van der Waals surface area contributed by atoms with Gasteiger partial charge in [-0.05, 0) is 25.7 Å². The molecular formula is C13H23N5O3. The van der Waals surface area contributed by atoms with E-state index < -0.39 is 4.92 Å². The zero-order chi connectivity index (χ0) is 16.0. The zero-order valence-electron chi connectivity index (χ0n) is 12.9. The minimum Gasteiger partial charge on any atom is -0.396 e. The van der Waals surface area contributed by atoms with Crippen LogP contribution in [-0.2, 0) is 0 Å². The number of aryl methyl sites for hydroxylation is 1. The summed E-state index contributed by atoms with van der Waals surface area (Å²) in [6, 6.07) is 0. The van der Waals surface area contributed by atoms with Crippen LogP contribution in [0, 0.1) is 22.5 Å². The lowest BCUT2D eigenvalue weighted by molar-refractivity contribution is -0.385. The van der Waals surface area contributed by atoms with Gasteiger partial charge in [0.25, 0.3) is 0 Å². The predicted octanol–water partition coefficient (Wildman–Crippen LogP) is 1.95. The molecule has 0 bridgehead atoms. The lowest BCUT2D eigenvalue weighted by atomic mass is 9.90. The maximum absolute atomic E-state index is 11.2. The smallest absolute Gasteiger partial charge is 0.332 e. The molecule has 0 unspecified atom stereocenters. The summed E-state index contributed by atoms with van der Waals surface area (Å²) in [6.07, 6.45) is 0.595. The second-order valence-electron chi connectivity index (χ2n) is 5.61. The molecule has 1 aromatic heterocycles. The first-order valence-corrected chi connectivity index (χ1v) is 6.92. The standard InChI is InChI=1S/C13H23N5O3/c1-5-14-12-16-9(2)10(18(20)21)11(17-12)15-8-13(3,4)6-7-19/h19H,5-8H2,1-4H3,(H2,14,15,16,17). The van der Waals surface area contributed by atoms with E-state index >= 15 is 0 Å². The molecule has 0 amide bonds. The number of rotatable bonds is 8. The van der Waals surface area contributed by atoms with Crippen LogP contribution in [0.5, 0.6) is 0 Å². The van der Waals surface area contributed by atoms with Gasteiger partial charge in [-0.1, -0.05) is 13.8 Å². The van der Waals surface area contributed by atoms with Crippen molar-refractivity contribution in [3.63, 3.8) is 0 Å². The van der Waals surface area contributed by atoms with Crippen molar-refractivity contribution in [3.05, 3.63) is 15.8 Å². The minimum absolute atomic E-state index is 0.0716. The highest BCUT2D eigenvalue weighted by Gasteiger charge is 2.24. The molecule has 8 nitrogen and oxygen atoms in total. The lowest BCUT2D eigenvalue weighted by Crippen LogP contribution is -2.25. The number of aliphatic hydroxyl groups excluding tert-OH is 1. The van der Waals surface area contributed by atoms with Gasteiger partial charge in [-0.15, -0.1) is 0 Å². The molecule has 0 aromatic carbocycles. The molecule has 0 radical (unpaired) electrons. The van der Waals surface area contributed by atoms with E-state index in [4.69, 9.17) is 5.11 Å². The first-order valence-electron chi connectivity index (χ1n) is 6.92. The molecule has 0 saturated carbocycles. The van der Waals surface area contributed by atoms with E-state index in [9.17, 15) is 10.1 Å². The van der Waals surface area contributed by atoms with Gasteiger partial charge in [0.15, 0.2) is 0 Å². The summed E-state index contributed by atoms with van der Waals surface area (Å²) < 4.78 is 0. The van der Waals surface area contributed by atoms with E-state index in [0.717, 1.165) is 0 Å². The van der Waals surface area contributed by atoms with E-state index in [1.165, 1.54) is 0 Å². The van der Waals surface area contributed by atoms with Gasteiger partial charge in [0, 0.05) is 19.7 Å². The molecule has 0 aliphatic rings. The molecule has 0 aliphatic carbocycles. The summed E-state index contributed by atoms with van der Waals surface area (Å²) in [4.78, 5) is 19.0. The Morgan fingerprint density at radius 2 is 2.00 bits per heavy atom. The monoisotopic (exact) mass is 297 g/mol.